The van der Waals surface area contributed by atoms with Crippen LogP contribution < -0.4 is 5.32 Å². The standard InChI is InChI=1S/C11H22ClNO2/c1-11(9-12)10-13-5-3-4-6-15-8-7-14-2/h9,13H,3-8,10H2,1-2H3. The molecule has 0 amide bonds. The lowest BCUT2D eigenvalue weighted by Gasteiger charge is -2.05. The summed E-state index contributed by atoms with van der Waals surface area (Å²) in [6.45, 7) is 6.07. The normalized spacial score (nSPS) is 12.1. The number of nitrogens with one attached hydrogen (secondary N) is 1. The van der Waals surface area contributed by atoms with E-state index in [0.717, 1.165) is 38.1 Å². The Morgan fingerprint density at radius 2 is 2.07 bits per heavy atom. The number of ether oxygens (including phenoxy) is 2. The average molecular weight is 236 g/mol. The average Bonchev–Trinajstić information content (AvgIpc) is 2.26. The van der Waals surface area contributed by atoms with Gasteiger partial charge in [0, 0.05) is 25.8 Å². The van der Waals surface area contributed by atoms with Crippen LogP contribution in [0.25, 0.3) is 0 Å². The number of hydrogen-bond donors (Lipinski definition) is 1. The Hall–Kier alpha value is -0.0900. The number of unbranched alkanes of at least 4 members (excludes halogenated alkanes) is 1. The number of hydrogen-bond acceptors (Lipinski definition) is 3. The molecule has 0 atom stereocenters. The molecule has 4 heteroatoms. The van der Waals surface area contributed by atoms with E-state index in [-0.39, 0.29) is 0 Å². The largest absolute Gasteiger partial charge is 0.382 e. The summed E-state index contributed by atoms with van der Waals surface area (Å²) < 4.78 is 10.2. The van der Waals surface area contributed by atoms with E-state index in [4.69, 9.17) is 21.1 Å². The van der Waals surface area contributed by atoms with Gasteiger partial charge in [-0.05, 0) is 31.9 Å². The first-order valence-corrected chi connectivity index (χ1v) is 5.78. The van der Waals surface area contributed by atoms with Crippen molar-refractivity contribution in [3.8, 4) is 0 Å². The van der Waals surface area contributed by atoms with Crippen molar-refractivity contribution in [1.82, 2.24) is 5.32 Å². The molecule has 0 aliphatic rings. The molecular formula is C11H22ClNO2. The molecule has 0 aromatic carbocycles. The molecule has 15 heavy (non-hydrogen) atoms. The van der Waals surface area contributed by atoms with Crippen molar-refractivity contribution < 1.29 is 9.47 Å². The summed E-state index contributed by atoms with van der Waals surface area (Å²) >= 11 is 5.53. The van der Waals surface area contributed by atoms with Crippen LogP contribution in [0.2, 0.25) is 0 Å². The zero-order valence-corrected chi connectivity index (χ0v) is 10.5. The fourth-order valence-electron chi connectivity index (χ4n) is 1.02. The topological polar surface area (TPSA) is 30.5 Å². The fraction of sp³-hybridized carbons (Fsp3) is 0.818. The van der Waals surface area contributed by atoms with Gasteiger partial charge in [-0.2, -0.15) is 0 Å². The summed E-state index contributed by atoms with van der Waals surface area (Å²) in [5.74, 6) is 0. The lowest BCUT2D eigenvalue weighted by atomic mass is 10.3. The summed E-state index contributed by atoms with van der Waals surface area (Å²) in [7, 11) is 1.68. The fourth-order valence-corrected chi connectivity index (χ4v) is 1.10. The van der Waals surface area contributed by atoms with Crippen molar-refractivity contribution in [3.63, 3.8) is 0 Å². The highest BCUT2D eigenvalue weighted by atomic mass is 35.5. The van der Waals surface area contributed by atoms with Crippen LogP contribution in [0.5, 0.6) is 0 Å². The maximum Gasteiger partial charge on any atom is 0.0700 e. The van der Waals surface area contributed by atoms with Crippen molar-refractivity contribution >= 4 is 11.6 Å². The molecule has 90 valence electrons. The summed E-state index contributed by atoms with van der Waals surface area (Å²) in [4.78, 5) is 0. The van der Waals surface area contributed by atoms with Gasteiger partial charge in [0.25, 0.3) is 0 Å². The van der Waals surface area contributed by atoms with Crippen molar-refractivity contribution in [2.45, 2.75) is 19.8 Å². The summed E-state index contributed by atoms with van der Waals surface area (Å²) in [6.07, 6.45) is 2.21. The van der Waals surface area contributed by atoms with Crippen molar-refractivity contribution in [2.75, 3.05) is 40.0 Å². The minimum atomic E-state index is 0.679. The Labute approximate surface area is 97.8 Å². The van der Waals surface area contributed by atoms with Gasteiger partial charge in [0.1, 0.15) is 0 Å². The summed E-state index contributed by atoms with van der Waals surface area (Å²) in [5.41, 5.74) is 2.77. The number of methoxy groups -OCH3 is 1. The third-order valence-corrected chi connectivity index (χ3v) is 2.29. The van der Waals surface area contributed by atoms with Gasteiger partial charge >= 0.3 is 0 Å². The van der Waals surface area contributed by atoms with Crippen LogP contribution in [-0.4, -0.2) is 40.0 Å². The minimum absolute atomic E-state index is 0.679. The quantitative estimate of drug-likeness (QED) is 0.589. The van der Waals surface area contributed by atoms with Crippen molar-refractivity contribution in [3.05, 3.63) is 11.1 Å². The molecule has 0 saturated carbocycles. The van der Waals surface area contributed by atoms with Gasteiger partial charge in [-0.3, -0.25) is 0 Å². The molecule has 1 N–H and O–H groups in total. The molecule has 0 radical (unpaired) electrons. The highest BCUT2D eigenvalue weighted by molar-refractivity contribution is 6.25. The first-order valence-electron chi connectivity index (χ1n) is 5.34. The lowest BCUT2D eigenvalue weighted by Crippen LogP contribution is -2.17. The molecule has 0 saturated heterocycles. The third kappa shape index (κ3) is 11.8. The molecule has 0 aromatic heterocycles. The van der Waals surface area contributed by atoms with Crippen LogP contribution in [0.3, 0.4) is 0 Å². The van der Waals surface area contributed by atoms with E-state index < -0.39 is 0 Å². The zero-order chi connectivity index (χ0) is 11.4. The molecule has 0 fully saturated rings. The maximum atomic E-state index is 5.53. The van der Waals surface area contributed by atoms with Gasteiger partial charge in [0.15, 0.2) is 0 Å². The molecule has 0 bridgehead atoms. The highest BCUT2D eigenvalue weighted by Crippen LogP contribution is 1.93. The first-order chi connectivity index (χ1) is 7.31. The van der Waals surface area contributed by atoms with E-state index in [2.05, 4.69) is 5.32 Å². The SMILES string of the molecule is COCCOCCCCNCC(C)=CCl. The van der Waals surface area contributed by atoms with Crippen molar-refractivity contribution in [2.24, 2.45) is 0 Å². The van der Waals surface area contributed by atoms with Crippen LogP contribution in [0.15, 0.2) is 11.1 Å². The Bertz CT molecular complexity index is 163. The summed E-state index contributed by atoms with van der Waals surface area (Å²) in [6, 6.07) is 0. The van der Waals surface area contributed by atoms with Gasteiger partial charge in [-0.15, -0.1) is 0 Å². The van der Waals surface area contributed by atoms with Crippen LogP contribution in [-0.2, 0) is 9.47 Å². The van der Waals surface area contributed by atoms with Gasteiger partial charge in [-0.1, -0.05) is 11.6 Å². The molecule has 0 aromatic rings. The molecule has 0 aliphatic heterocycles. The second-order valence-electron chi connectivity index (χ2n) is 3.44. The molecule has 0 heterocycles. The van der Waals surface area contributed by atoms with Crippen LogP contribution in [0, 0.1) is 0 Å². The van der Waals surface area contributed by atoms with E-state index in [1.54, 1.807) is 12.6 Å². The zero-order valence-electron chi connectivity index (χ0n) is 9.72. The Morgan fingerprint density at radius 3 is 2.73 bits per heavy atom. The highest BCUT2D eigenvalue weighted by Gasteiger charge is 1.91. The number of halogens is 1. The Kier molecular flexibility index (Phi) is 11.9. The third-order valence-electron chi connectivity index (χ3n) is 1.91. The molecule has 0 aliphatic carbocycles. The minimum Gasteiger partial charge on any atom is -0.382 e. The van der Waals surface area contributed by atoms with E-state index in [0.29, 0.717) is 13.2 Å². The van der Waals surface area contributed by atoms with Gasteiger partial charge in [0.05, 0.1) is 13.2 Å². The van der Waals surface area contributed by atoms with Gasteiger partial charge in [0.2, 0.25) is 0 Å². The molecule has 0 unspecified atom stereocenters. The Balaban J connectivity index is 2.99. The molecule has 3 nitrogen and oxygen atoms in total. The van der Waals surface area contributed by atoms with E-state index in [1.807, 2.05) is 6.92 Å². The Morgan fingerprint density at radius 1 is 1.27 bits per heavy atom. The molecule has 0 spiro atoms. The van der Waals surface area contributed by atoms with E-state index in [1.165, 1.54) is 0 Å². The first kappa shape index (κ1) is 14.9. The number of rotatable bonds is 10. The van der Waals surface area contributed by atoms with E-state index >= 15 is 0 Å². The predicted molar refractivity (Wildman–Crippen MR) is 64.4 cm³/mol. The van der Waals surface area contributed by atoms with Crippen LogP contribution >= 0.6 is 11.6 Å². The molecule has 0 rings (SSSR count). The maximum absolute atomic E-state index is 5.53. The second-order valence-corrected chi connectivity index (χ2v) is 3.66. The molecular weight excluding hydrogens is 214 g/mol. The van der Waals surface area contributed by atoms with Crippen LogP contribution in [0.4, 0.5) is 0 Å². The second kappa shape index (κ2) is 12.0. The smallest absolute Gasteiger partial charge is 0.0700 e. The predicted octanol–water partition coefficient (Wildman–Crippen LogP) is 2.16. The lowest BCUT2D eigenvalue weighted by molar-refractivity contribution is 0.0688. The van der Waals surface area contributed by atoms with Gasteiger partial charge in [-0.25, -0.2) is 0 Å². The monoisotopic (exact) mass is 235 g/mol. The van der Waals surface area contributed by atoms with Gasteiger partial charge < -0.3 is 14.8 Å². The van der Waals surface area contributed by atoms with E-state index in [9.17, 15) is 0 Å². The van der Waals surface area contributed by atoms with Crippen molar-refractivity contribution in [1.29, 1.82) is 0 Å². The summed E-state index contributed by atoms with van der Waals surface area (Å²) in [5, 5.41) is 3.31. The van der Waals surface area contributed by atoms with Crippen LogP contribution in [0.1, 0.15) is 19.8 Å².